The summed E-state index contributed by atoms with van der Waals surface area (Å²) in [6, 6.07) is 9.95. The van der Waals surface area contributed by atoms with Crippen molar-refractivity contribution in [1.82, 2.24) is 19.4 Å². The highest BCUT2D eigenvalue weighted by atomic mass is 16.5. The molecule has 0 spiro atoms. The van der Waals surface area contributed by atoms with Gasteiger partial charge in [0.05, 0.1) is 36.8 Å². The van der Waals surface area contributed by atoms with Gasteiger partial charge in [0, 0.05) is 87.2 Å². The molecule has 0 aliphatic carbocycles. The van der Waals surface area contributed by atoms with Gasteiger partial charge in [-0.15, -0.1) is 0 Å². The number of Topliss-reactive ketones (excluding diaryl/α,β-unsaturated/α-hetero) is 1. The normalized spacial score (nSPS) is 19.0. The fourth-order valence-corrected chi connectivity index (χ4v) is 6.66. The zero-order valence-electron chi connectivity index (χ0n) is 26.8. The Hall–Kier alpha value is -5.27. The van der Waals surface area contributed by atoms with E-state index in [-0.39, 0.29) is 29.5 Å². The van der Waals surface area contributed by atoms with Gasteiger partial charge in [0.15, 0.2) is 5.76 Å². The molecular formula is C35H37N7O6. The third-order valence-corrected chi connectivity index (χ3v) is 8.98. The minimum Gasteiger partial charge on any atom is -0.452 e. The number of rotatable bonds is 7. The first-order valence-corrected chi connectivity index (χ1v) is 16.0. The molecule has 48 heavy (non-hydrogen) atoms. The zero-order valence-corrected chi connectivity index (χ0v) is 26.8. The van der Waals surface area contributed by atoms with Crippen LogP contribution in [0.15, 0.2) is 66.9 Å². The summed E-state index contributed by atoms with van der Waals surface area (Å²) in [6.07, 6.45) is 10.0. The fraction of sp³-hybridized carbons (Fsp3) is 0.343. The number of carbonyl (C=O) groups excluding carboxylic acids is 3. The lowest BCUT2D eigenvalue weighted by Gasteiger charge is -2.38. The summed E-state index contributed by atoms with van der Waals surface area (Å²) in [5, 5.41) is 6.38. The minimum absolute atomic E-state index is 0.0407. The number of amides is 3. The van der Waals surface area contributed by atoms with Crippen molar-refractivity contribution in [2.24, 2.45) is 13.0 Å². The summed E-state index contributed by atoms with van der Waals surface area (Å²) in [5.41, 5.74) is 3.95. The molecule has 248 valence electrons. The van der Waals surface area contributed by atoms with Crippen molar-refractivity contribution in [1.29, 1.82) is 0 Å². The molecule has 6 heterocycles. The second-order valence-corrected chi connectivity index (χ2v) is 12.2. The van der Waals surface area contributed by atoms with Gasteiger partial charge < -0.3 is 39.2 Å². The van der Waals surface area contributed by atoms with Crippen molar-refractivity contribution in [3.8, 4) is 5.75 Å². The van der Waals surface area contributed by atoms with Gasteiger partial charge in [0.1, 0.15) is 11.4 Å². The summed E-state index contributed by atoms with van der Waals surface area (Å²) in [7, 11) is 3.57. The summed E-state index contributed by atoms with van der Waals surface area (Å²) in [6.45, 7) is 3.61. The zero-order chi connectivity index (χ0) is 33.2. The third-order valence-electron chi connectivity index (χ3n) is 8.98. The van der Waals surface area contributed by atoms with E-state index in [2.05, 4.69) is 25.5 Å². The molecule has 2 saturated heterocycles. The van der Waals surface area contributed by atoms with Crippen LogP contribution in [0, 0.1) is 5.92 Å². The molecule has 13 heteroatoms. The average Bonchev–Trinajstić information content (AvgIpc) is 3.59. The molecule has 0 radical (unpaired) electrons. The maximum Gasteiger partial charge on any atom is 0.323 e. The first-order chi connectivity index (χ1) is 23.4. The number of hydrogen-bond acceptors (Lipinski definition) is 9. The largest absolute Gasteiger partial charge is 0.452 e. The summed E-state index contributed by atoms with van der Waals surface area (Å²) in [4.78, 5) is 52.3. The quantitative estimate of drug-likeness (QED) is 0.280. The highest BCUT2D eigenvalue weighted by molar-refractivity contribution is 6.16. The molecule has 13 nitrogen and oxygen atoms in total. The molecule has 1 atom stereocenters. The Morgan fingerprint density at radius 1 is 1.08 bits per heavy atom. The van der Waals surface area contributed by atoms with Crippen LogP contribution in [0.3, 0.4) is 0 Å². The number of hydrogen-bond donors (Lipinski definition) is 2. The Labute approximate surface area is 277 Å². The minimum atomic E-state index is -0.453. The third kappa shape index (κ3) is 6.34. The maximum absolute atomic E-state index is 13.5. The molecule has 4 aromatic rings. The summed E-state index contributed by atoms with van der Waals surface area (Å²) < 4.78 is 18.9. The van der Waals surface area contributed by atoms with Crippen LogP contribution in [-0.2, 0) is 21.3 Å². The van der Waals surface area contributed by atoms with Crippen LogP contribution in [-0.4, -0.2) is 89.8 Å². The van der Waals surface area contributed by atoms with Gasteiger partial charge in [-0.05, 0) is 55.3 Å². The molecule has 2 N–H and O–H groups in total. The smallest absolute Gasteiger partial charge is 0.323 e. The number of fused-ring (bicyclic) bond motifs is 2. The van der Waals surface area contributed by atoms with Crippen molar-refractivity contribution in [3.63, 3.8) is 0 Å². The molecule has 2 fully saturated rings. The standard InChI is InChI=1S/C35H37N7O6/c1-40-19-23(16-30-32(43)27-17-24(5-6-29(27)48-30)38-35(45)39-25-4-3-10-36-18-25)31-28(7-11-37-33(31)40)41-12-8-22(9-13-41)34(44)42-14-15-47-26(20-42)21-46-2/h3-7,10-11,16-19,22,26H,8-9,12-15,20-21H2,1-2H3,(H2,38,39,45)/b30-16-. The van der Waals surface area contributed by atoms with Gasteiger partial charge in [-0.2, -0.15) is 0 Å². The number of morpholine rings is 1. The van der Waals surface area contributed by atoms with Gasteiger partial charge in [0.25, 0.3) is 0 Å². The van der Waals surface area contributed by atoms with Gasteiger partial charge in [-0.1, -0.05) is 0 Å². The number of pyridine rings is 2. The highest BCUT2D eigenvalue weighted by Crippen LogP contribution is 2.37. The fourth-order valence-electron chi connectivity index (χ4n) is 6.66. The van der Waals surface area contributed by atoms with Gasteiger partial charge in [-0.25, -0.2) is 9.78 Å². The van der Waals surface area contributed by atoms with Gasteiger partial charge >= 0.3 is 6.03 Å². The number of ketones is 1. The number of carbonyl (C=O) groups is 3. The van der Waals surface area contributed by atoms with E-state index in [1.165, 1.54) is 0 Å². The maximum atomic E-state index is 13.5. The number of benzene rings is 1. The Morgan fingerprint density at radius 2 is 1.92 bits per heavy atom. The lowest BCUT2D eigenvalue weighted by atomic mass is 9.94. The number of methoxy groups -OCH3 is 1. The average molecular weight is 652 g/mol. The number of nitrogens with zero attached hydrogens (tertiary/aromatic N) is 5. The van der Waals surface area contributed by atoms with Gasteiger partial charge in [-0.3, -0.25) is 14.6 Å². The Kier molecular flexibility index (Phi) is 8.78. The topological polar surface area (TPSA) is 140 Å². The Balaban J connectivity index is 1.06. The number of aromatic nitrogens is 3. The van der Waals surface area contributed by atoms with Crippen molar-refractivity contribution >= 4 is 51.9 Å². The van der Waals surface area contributed by atoms with Crippen LogP contribution in [0.25, 0.3) is 17.1 Å². The number of ether oxygens (including phenoxy) is 3. The summed E-state index contributed by atoms with van der Waals surface area (Å²) in [5.74, 6) is 0.474. The molecule has 3 aliphatic heterocycles. The van der Waals surface area contributed by atoms with Crippen LogP contribution in [0.5, 0.6) is 5.75 Å². The number of nitrogens with one attached hydrogen (secondary N) is 2. The molecule has 0 bridgehead atoms. The van der Waals surface area contributed by atoms with Crippen LogP contribution in [0.2, 0.25) is 0 Å². The number of anilines is 3. The van der Waals surface area contributed by atoms with E-state index in [1.54, 1.807) is 62.1 Å². The van der Waals surface area contributed by atoms with Crippen molar-refractivity contribution in [3.05, 3.63) is 78.1 Å². The molecule has 1 unspecified atom stereocenters. The van der Waals surface area contributed by atoms with E-state index < -0.39 is 6.03 Å². The SMILES string of the molecule is COCC1CN(C(=O)C2CCN(c3ccnc4c3c(/C=C3\Oc5ccc(NC(=O)Nc6cccnc6)cc5C3=O)cn4C)CC2)CCO1. The van der Waals surface area contributed by atoms with Crippen LogP contribution in [0.4, 0.5) is 21.9 Å². The van der Waals surface area contributed by atoms with E-state index in [1.807, 2.05) is 28.8 Å². The van der Waals surface area contributed by atoms with Crippen LogP contribution in [0.1, 0.15) is 28.8 Å². The number of aryl methyl sites for hydroxylation is 1. The molecule has 7 rings (SSSR count). The highest BCUT2D eigenvalue weighted by Gasteiger charge is 2.33. The Bertz CT molecular complexity index is 1880. The first-order valence-electron chi connectivity index (χ1n) is 16.0. The number of urea groups is 1. The molecule has 3 aromatic heterocycles. The van der Waals surface area contributed by atoms with E-state index in [0.29, 0.717) is 49.0 Å². The molecule has 1 aromatic carbocycles. The molecule has 3 amide bonds. The predicted octanol–water partition coefficient (Wildman–Crippen LogP) is 4.32. The van der Waals surface area contributed by atoms with E-state index >= 15 is 0 Å². The molecule has 3 aliphatic rings. The van der Waals surface area contributed by atoms with E-state index in [9.17, 15) is 14.4 Å². The van der Waals surface area contributed by atoms with E-state index in [0.717, 1.165) is 48.2 Å². The van der Waals surface area contributed by atoms with Crippen LogP contribution < -0.4 is 20.3 Å². The number of piperidine rings is 1. The lowest BCUT2D eigenvalue weighted by molar-refractivity contribution is -0.145. The van der Waals surface area contributed by atoms with Crippen molar-refractivity contribution < 1.29 is 28.6 Å². The van der Waals surface area contributed by atoms with Gasteiger partial charge in [0.2, 0.25) is 11.7 Å². The molecule has 0 saturated carbocycles. The molecular weight excluding hydrogens is 614 g/mol. The predicted molar refractivity (Wildman–Crippen MR) is 180 cm³/mol. The van der Waals surface area contributed by atoms with Crippen LogP contribution >= 0.6 is 0 Å². The summed E-state index contributed by atoms with van der Waals surface area (Å²) >= 11 is 0. The lowest BCUT2D eigenvalue weighted by Crippen LogP contribution is -2.50. The second kappa shape index (κ2) is 13.5. The monoisotopic (exact) mass is 651 g/mol. The second-order valence-electron chi connectivity index (χ2n) is 12.2. The van der Waals surface area contributed by atoms with E-state index in [4.69, 9.17) is 14.2 Å². The number of allylic oxidation sites excluding steroid dienone is 1. The first kappa shape index (κ1) is 31.3. The van der Waals surface area contributed by atoms with Crippen molar-refractivity contribution in [2.45, 2.75) is 18.9 Å². The van der Waals surface area contributed by atoms with Crippen molar-refractivity contribution in [2.75, 3.05) is 62.0 Å². The Morgan fingerprint density at radius 3 is 2.71 bits per heavy atom.